The predicted molar refractivity (Wildman–Crippen MR) is 128 cm³/mol. The Hall–Kier alpha value is -2.61. The number of allylic oxidation sites excluding steroid dienone is 4. The zero-order valence-corrected chi connectivity index (χ0v) is 20.5. The van der Waals surface area contributed by atoms with Gasteiger partial charge in [-0.2, -0.15) is 13.2 Å². The quantitative estimate of drug-likeness (QED) is 0.182. The molecule has 0 radical (unpaired) electrons. The molecule has 0 aromatic heterocycles. The van der Waals surface area contributed by atoms with Crippen molar-refractivity contribution in [1.29, 1.82) is 5.41 Å². The molecule has 8 heteroatoms. The van der Waals surface area contributed by atoms with Gasteiger partial charge in [0.05, 0.1) is 0 Å². The second kappa shape index (κ2) is 13.2. The second-order valence-electron chi connectivity index (χ2n) is 8.08. The summed E-state index contributed by atoms with van der Waals surface area (Å²) in [4.78, 5) is 1.60. The van der Waals surface area contributed by atoms with Crippen molar-refractivity contribution in [1.82, 2.24) is 4.90 Å². The van der Waals surface area contributed by atoms with Gasteiger partial charge in [-0.3, -0.25) is 5.41 Å². The van der Waals surface area contributed by atoms with E-state index in [-0.39, 0.29) is 11.5 Å². The van der Waals surface area contributed by atoms with Crippen molar-refractivity contribution in [2.24, 2.45) is 5.73 Å². The first kappa shape index (κ1) is 30.4. The van der Waals surface area contributed by atoms with Crippen LogP contribution in [0.25, 0.3) is 0 Å². The fourth-order valence-electron chi connectivity index (χ4n) is 3.16. The Morgan fingerprint density at radius 1 is 1.24 bits per heavy atom. The number of amidine groups is 1. The number of likely N-dealkylation sites (N-methyl/N-ethyl adjacent to an activating group) is 1. The molecule has 4 N–H and O–H groups in total. The van der Waals surface area contributed by atoms with Crippen molar-refractivity contribution < 1.29 is 22.7 Å². The summed E-state index contributed by atoms with van der Waals surface area (Å²) in [5, 5.41) is 18.2. The molecule has 0 aliphatic carbocycles. The molecule has 1 aromatic rings. The van der Waals surface area contributed by atoms with E-state index in [0.717, 1.165) is 0 Å². The highest BCUT2D eigenvalue weighted by molar-refractivity contribution is 5.90. The first-order chi connectivity index (χ1) is 15.2. The zero-order valence-electron chi connectivity index (χ0n) is 20.5. The Kier molecular flexibility index (Phi) is 12.1. The highest BCUT2D eigenvalue weighted by Gasteiger charge is 2.54. The molecule has 0 saturated carbocycles. The maximum atomic E-state index is 13.7. The van der Waals surface area contributed by atoms with Gasteiger partial charge < -0.3 is 15.7 Å². The van der Waals surface area contributed by atoms with Crippen molar-refractivity contribution in [2.45, 2.75) is 65.2 Å². The maximum Gasteiger partial charge on any atom is 0.417 e. The SMILES string of the molecule is CC.CC(=C/C(=N)N(C)C)/C=C/C=C(\N)CC(O)(CC(C)c1cc(F)ccc1C)C(F)(F)F. The molecule has 2 unspecified atom stereocenters. The summed E-state index contributed by atoms with van der Waals surface area (Å²) in [6.45, 7) is 8.95. The number of nitrogens with two attached hydrogens (primary N) is 1. The normalized spacial score (nSPS) is 15.5. The summed E-state index contributed by atoms with van der Waals surface area (Å²) < 4.78 is 54.8. The summed E-state index contributed by atoms with van der Waals surface area (Å²) in [7, 11) is 3.44. The summed E-state index contributed by atoms with van der Waals surface area (Å²) >= 11 is 0. The van der Waals surface area contributed by atoms with Gasteiger partial charge in [0.1, 0.15) is 11.7 Å². The first-order valence-corrected chi connectivity index (χ1v) is 10.8. The minimum atomic E-state index is -4.92. The van der Waals surface area contributed by atoms with E-state index in [1.165, 1.54) is 37.3 Å². The molecule has 0 spiro atoms. The minimum absolute atomic E-state index is 0.144. The molecule has 0 fully saturated rings. The van der Waals surface area contributed by atoms with Gasteiger partial charge in [0.15, 0.2) is 5.60 Å². The highest BCUT2D eigenvalue weighted by atomic mass is 19.4. The molecule has 0 aliphatic rings. The number of hydrogen-bond acceptors (Lipinski definition) is 3. The predicted octanol–water partition coefficient (Wildman–Crippen LogP) is 6.22. The minimum Gasteiger partial charge on any atom is -0.402 e. The van der Waals surface area contributed by atoms with E-state index in [1.807, 2.05) is 13.8 Å². The van der Waals surface area contributed by atoms with Gasteiger partial charge in [-0.15, -0.1) is 0 Å². The van der Waals surface area contributed by atoms with Gasteiger partial charge in [0, 0.05) is 26.2 Å². The molecule has 1 aromatic carbocycles. The molecule has 2 atom stereocenters. The van der Waals surface area contributed by atoms with Crippen LogP contribution in [0.1, 0.15) is 57.6 Å². The number of rotatable bonds is 8. The van der Waals surface area contributed by atoms with E-state index in [4.69, 9.17) is 11.1 Å². The lowest BCUT2D eigenvalue weighted by molar-refractivity contribution is -0.263. The van der Waals surface area contributed by atoms with Crippen molar-refractivity contribution >= 4 is 5.84 Å². The Balaban J connectivity index is 0.00000497. The molecule has 0 amide bonds. The monoisotopic (exact) mass is 471 g/mol. The topological polar surface area (TPSA) is 73.3 Å². The highest BCUT2D eigenvalue weighted by Crippen LogP contribution is 2.42. The molecule has 0 saturated heterocycles. The van der Waals surface area contributed by atoms with E-state index >= 15 is 0 Å². The average Bonchev–Trinajstić information content (AvgIpc) is 2.70. The molecule has 0 aliphatic heterocycles. The van der Waals surface area contributed by atoms with E-state index in [9.17, 15) is 22.7 Å². The van der Waals surface area contributed by atoms with E-state index in [1.54, 1.807) is 45.0 Å². The summed E-state index contributed by atoms with van der Waals surface area (Å²) in [5.41, 5.74) is 4.35. The standard InChI is InChI=1S/C23H31F4N3O.C2H6/c1-15(11-21(29)30(4)5)7-6-8-19(28)14-22(31,23(25,26)27)13-17(3)20-12-18(24)10-9-16(20)2;1-2/h6-12,17,29,31H,13-14,28H2,1-5H3;1-2H3/b7-6+,15-11-,19-8-,29-21?;. The summed E-state index contributed by atoms with van der Waals surface area (Å²) in [5.74, 6) is -1.02. The zero-order chi connectivity index (χ0) is 26.0. The molecule has 0 bridgehead atoms. The van der Waals surface area contributed by atoms with Crippen LogP contribution in [0.2, 0.25) is 0 Å². The number of nitrogens with one attached hydrogen (secondary N) is 1. The van der Waals surface area contributed by atoms with Gasteiger partial charge in [-0.05, 0) is 67.2 Å². The Morgan fingerprint density at radius 2 is 1.82 bits per heavy atom. The van der Waals surface area contributed by atoms with E-state index < -0.39 is 36.4 Å². The van der Waals surface area contributed by atoms with E-state index in [0.29, 0.717) is 16.7 Å². The van der Waals surface area contributed by atoms with Crippen LogP contribution >= 0.6 is 0 Å². The van der Waals surface area contributed by atoms with Crippen molar-refractivity contribution in [3.63, 3.8) is 0 Å². The molecule has 186 valence electrons. The lowest BCUT2D eigenvalue weighted by Gasteiger charge is -2.33. The third-order valence-electron chi connectivity index (χ3n) is 4.96. The lowest BCUT2D eigenvalue weighted by Crippen LogP contribution is -2.47. The fraction of sp³-hybridized carbons (Fsp3) is 0.480. The van der Waals surface area contributed by atoms with Crippen LogP contribution in [-0.2, 0) is 0 Å². The van der Waals surface area contributed by atoms with Gasteiger partial charge in [-0.1, -0.05) is 39.0 Å². The number of halogens is 4. The number of nitrogens with zero attached hydrogens (tertiary/aromatic N) is 1. The van der Waals surface area contributed by atoms with Crippen LogP contribution in [-0.4, -0.2) is 41.7 Å². The van der Waals surface area contributed by atoms with Crippen LogP contribution in [0.4, 0.5) is 17.6 Å². The molecular weight excluding hydrogens is 434 g/mol. The summed E-state index contributed by atoms with van der Waals surface area (Å²) in [6.07, 6.45) is -0.409. The van der Waals surface area contributed by atoms with Gasteiger partial charge in [-0.25, -0.2) is 4.39 Å². The smallest absolute Gasteiger partial charge is 0.402 e. The molecular formula is C25H37F4N3O. The van der Waals surface area contributed by atoms with Crippen molar-refractivity contribution in [3.8, 4) is 0 Å². The van der Waals surface area contributed by atoms with Gasteiger partial charge >= 0.3 is 6.18 Å². The Bertz CT molecular complexity index is 873. The molecule has 0 heterocycles. The van der Waals surface area contributed by atoms with Crippen LogP contribution in [0.3, 0.4) is 0 Å². The Morgan fingerprint density at radius 3 is 2.33 bits per heavy atom. The Labute approximate surface area is 195 Å². The van der Waals surface area contributed by atoms with E-state index in [2.05, 4.69) is 0 Å². The number of hydrogen-bond donors (Lipinski definition) is 3. The average molecular weight is 472 g/mol. The third kappa shape index (κ3) is 9.82. The summed E-state index contributed by atoms with van der Waals surface area (Å²) in [6, 6.07) is 3.93. The molecule has 33 heavy (non-hydrogen) atoms. The largest absolute Gasteiger partial charge is 0.417 e. The first-order valence-electron chi connectivity index (χ1n) is 10.8. The lowest BCUT2D eigenvalue weighted by atomic mass is 9.82. The van der Waals surface area contributed by atoms with Gasteiger partial charge in [0.25, 0.3) is 0 Å². The van der Waals surface area contributed by atoms with Crippen LogP contribution in [0.15, 0.2) is 53.8 Å². The fourth-order valence-corrected chi connectivity index (χ4v) is 3.16. The number of aliphatic hydroxyl groups is 1. The van der Waals surface area contributed by atoms with Crippen molar-refractivity contribution in [2.75, 3.05) is 14.1 Å². The maximum absolute atomic E-state index is 13.7. The third-order valence-corrected chi connectivity index (χ3v) is 4.96. The number of aryl methyl sites for hydroxylation is 1. The number of benzene rings is 1. The van der Waals surface area contributed by atoms with Crippen LogP contribution in [0, 0.1) is 18.2 Å². The van der Waals surface area contributed by atoms with Crippen molar-refractivity contribution in [3.05, 3.63) is 70.7 Å². The van der Waals surface area contributed by atoms with Crippen LogP contribution in [0.5, 0.6) is 0 Å². The molecule has 4 nitrogen and oxygen atoms in total. The van der Waals surface area contributed by atoms with Gasteiger partial charge in [0.2, 0.25) is 0 Å². The van der Waals surface area contributed by atoms with Crippen LogP contribution < -0.4 is 5.73 Å². The number of alkyl halides is 3. The molecule has 1 rings (SSSR count). The second-order valence-corrected chi connectivity index (χ2v) is 8.08.